The zero-order valence-corrected chi connectivity index (χ0v) is 8.00. The van der Waals surface area contributed by atoms with Gasteiger partial charge in [-0.05, 0) is 25.0 Å². The number of aromatic nitrogens is 2. The maximum absolute atomic E-state index is 13.0. The Bertz CT molecular complexity index is 501. The quantitative estimate of drug-likeness (QED) is 0.624. The van der Waals surface area contributed by atoms with E-state index < -0.39 is 0 Å². The molecule has 2 aromatic rings. The number of aryl methyl sites for hydroxylation is 1. The van der Waals surface area contributed by atoms with Crippen LogP contribution in [-0.4, -0.2) is 9.38 Å². The van der Waals surface area contributed by atoms with Crippen molar-refractivity contribution in [3.8, 4) is 0 Å². The molecule has 0 saturated heterocycles. The van der Waals surface area contributed by atoms with E-state index in [-0.39, 0.29) is 5.82 Å². The van der Waals surface area contributed by atoms with Crippen molar-refractivity contribution in [2.24, 2.45) is 0 Å². The number of nitrogens with zero attached hydrogens (tertiary/aromatic N) is 2. The van der Waals surface area contributed by atoms with Gasteiger partial charge in [0.05, 0.1) is 5.69 Å². The zero-order chi connectivity index (χ0) is 9.71. The number of fused-ring (bicyclic) bond motifs is 3. The first-order valence-corrected chi connectivity index (χ1v) is 4.92. The highest BCUT2D eigenvalue weighted by Gasteiger charge is 2.24. The second-order valence-electron chi connectivity index (χ2n) is 3.96. The molecule has 1 aliphatic carbocycles. The van der Waals surface area contributed by atoms with Crippen molar-refractivity contribution in [1.82, 2.24) is 9.38 Å². The third kappa shape index (κ3) is 0.924. The summed E-state index contributed by atoms with van der Waals surface area (Å²) in [5.74, 6) is 0.324. The molecular weight excluding hydrogens is 179 g/mol. The minimum Gasteiger partial charge on any atom is -0.301 e. The molecule has 3 rings (SSSR count). The maximum atomic E-state index is 13.0. The molecule has 1 atom stereocenters. The molecule has 2 heterocycles. The smallest absolute Gasteiger partial charge is 0.139 e. The van der Waals surface area contributed by atoms with Gasteiger partial charge in [0.25, 0.3) is 0 Å². The Morgan fingerprint density at radius 1 is 1.50 bits per heavy atom. The Hall–Kier alpha value is -1.38. The van der Waals surface area contributed by atoms with E-state index in [1.165, 1.54) is 18.0 Å². The number of pyridine rings is 1. The van der Waals surface area contributed by atoms with Crippen LogP contribution < -0.4 is 0 Å². The summed E-state index contributed by atoms with van der Waals surface area (Å²) in [6.07, 6.45) is 3.68. The molecule has 72 valence electrons. The van der Waals surface area contributed by atoms with E-state index in [1.807, 2.05) is 4.40 Å². The third-order valence-electron chi connectivity index (χ3n) is 2.99. The predicted molar refractivity (Wildman–Crippen MR) is 51.9 cm³/mol. The summed E-state index contributed by atoms with van der Waals surface area (Å²) in [5, 5.41) is 0. The fourth-order valence-electron chi connectivity index (χ4n) is 2.22. The van der Waals surface area contributed by atoms with Crippen LogP contribution in [-0.2, 0) is 6.42 Å². The fourth-order valence-corrected chi connectivity index (χ4v) is 2.22. The van der Waals surface area contributed by atoms with Gasteiger partial charge in [-0.2, -0.15) is 0 Å². The van der Waals surface area contributed by atoms with Gasteiger partial charge in [-0.25, -0.2) is 9.37 Å². The molecule has 0 N–H and O–H groups in total. The van der Waals surface area contributed by atoms with E-state index in [0.717, 1.165) is 24.2 Å². The molecule has 0 fully saturated rings. The van der Waals surface area contributed by atoms with Crippen molar-refractivity contribution in [3.05, 3.63) is 35.5 Å². The molecule has 0 spiro atoms. The standard InChI is InChI=1S/C11H11FN2/c1-7-2-4-9-11(7)13-10-5-3-8(12)6-14(9)10/h3,5-7H,2,4H2,1H3. The first-order chi connectivity index (χ1) is 6.75. The minimum absolute atomic E-state index is 0.197. The third-order valence-corrected chi connectivity index (χ3v) is 2.99. The van der Waals surface area contributed by atoms with Crippen molar-refractivity contribution >= 4 is 5.65 Å². The topological polar surface area (TPSA) is 17.3 Å². The summed E-state index contributed by atoms with van der Waals surface area (Å²) in [5.41, 5.74) is 3.20. The van der Waals surface area contributed by atoms with E-state index in [9.17, 15) is 4.39 Å². The molecule has 0 amide bonds. The molecule has 2 nitrogen and oxygen atoms in total. The predicted octanol–water partition coefficient (Wildman–Crippen LogP) is 2.52. The van der Waals surface area contributed by atoms with Gasteiger partial charge in [-0.1, -0.05) is 6.92 Å². The summed E-state index contributed by atoms with van der Waals surface area (Å²) in [6.45, 7) is 2.18. The van der Waals surface area contributed by atoms with Gasteiger partial charge in [0, 0.05) is 17.8 Å². The van der Waals surface area contributed by atoms with Crippen molar-refractivity contribution < 1.29 is 4.39 Å². The molecule has 3 heteroatoms. The summed E-state index contributed by atoms with van der Waals surface area (Å²) in [7, 11) is 0. The van der Waals surface area contributed by atoms with Crippen LogP contribution in [0.25, 0.3) is 5.65 Å². The lowest BCUT2D eigenvalue weighted by atomic mass is 10.1. The molecule has 0 aliphatic heterocycles. The van der Waals surface area contributed by atoms with E-state index in [0.29, 0.717) is 5.92 Å². The summed E-state index contributed by atoms with van der Waals surface area (Å²) < 4.78 is 14.9. The summed E-state index contributed by atoms with van der Waals surface area (Å²) in [6, 6.07) is 3.20. The zero-order valence-electron chi connectivity index (χ0n) is 8.00. The minimum atomic E-state index is -0.197. The highest BCUT2D eigenvalue weighted by atomic mass is 19.1. The molecule has 0 radical (unpaired) electrons. The highest BCUT2D eigenvalue weighted by Crippen LogP contribution is 2.32. The second-order valence-corrected chi connectivity index (χ2v) is 3.96. The van der Waals surface area contributed by atoms with Crippen molar-refractivity contribution in [3.63, 3.8) is 0 Å². The Morgan fingerprint density at radius 2 is 2.36 bits per heavy atom. The van der Waals surface area contributed by atoms with Crippen LogP contribution in [0, 0.1) is 5.82 Å². The SMILES string of the molecule is CC1CCc2c1nc1ccc(F)cn21. The Morgan fingerprint density at radius 3 is 3.21 bits per heavy atom. The van der Waals surface area contributed by atoms with Crippen LogP contribution in [0.15, 0.2) is 18.3 Å². The molecule has 0 bridgehead atoms. The average Bonchev–Trinajstić information content (AvgIpc) is 2.67. The van der Waals surface area contributed by atoms with E-state index >= 15 is 0 Å². The van der Waals surface area contributed by atoms with Crippen LogP contribution in [0.2, 0.25) is 0 Å². The van der Waals surface area contributed by atoms with Gasteiger partial charge < -0.3 is 4.40 Å². The largest absolute Gasteiger partial charge is 0.301 e. The number of imidazole rings is 1. The molecule has 0 aromatic carbocycles. The van der Waals surface area contributed by atoms with E-state index in [2.05, 4.69) is 11.9 Å². The lowest BCUT2D eigenvalue weighted by Gasteiger charge is -1.97. The van der Waals surface area contributed by atoms with Crippen LogP contribution in [0.5, 0.6) is 0 Å². The normalized spacial score (nSPS) is 20.3. The van der Waals surface area contributed by atoms with Crippen molar-refractivity contribution in [1.29, 1.82) is 0 Å². The number of halogens is 1. The Kier molecular flexibility index (Phi) is 1.46. The van der Waals surface area contributed by atoms with Gasteiger partial charge in [0.1, 0.15) is 11.5 Å². The number of hydrogen-bond donors (Lipinski definition) is 0. The van der Waals surface area contributed by atoms with Crippen LogP contribution >= 0.6 is 0 Å². The molecular formula is C11H11FN2. The molecule has 2 aromatic heterocycles. The highest BCUT2D eigenvalue weighted by molar-refractivity contribution is 5.45. The van der Waals surface area contributed by atoms with Gasteiger partial charge in [0.2, 0.25) is 0 Å². The van der Waals surface area contributed by atoms with Gasteiger partial charge in [-0.3, -0.25) is 0 Å². The molecule has 14 heavy (non-hydrogen) atoms. The van der Waals surface area contributed by atoms with Gasteiger partial charge in [0.15, 0.2) is 0 Å². The first-order valence-electron chi connectivity index (χ1n) is 4.92. The number of rotatable bonds is 0. The molecule has 1 aliphatic rings. The van der Waals surface area contributed by atoms with Crippen LogP contribution in [0.3, 0.4) is 0 Å². The van der Waals surface area contributed by atoms with E-state index in [1.54, 1.807) is 6.07 Å². The lowest BCUT2D eigenvalue weighted by Crippen LogP contribution is -1.91. The van der Waals surface area contributed by atoms with Gasteiger partial charge >= 0.3 is 0 Å². The average molecular weight is 190 g/mol. The van der Waals surface area contributed by atoms with Crippen molar-refractivity contribution in [2.45, 2.75) is 25.7 Å². The summed E-state index contributed by atoms with van der Waals surface area (Å²) >= 11 is 0. The van der Waals surface area contributed by atoms with Crippen molar-refractivity contribution in [2.75, 3.05) is 0 Å². The van der Waals surface area contributed by atoms with Crippen LogP contribution in [0.1, 0.15) is 30.7 Å². The van der Waals surface area contributed by atoms with Crippen LogP contribution in [0.4, 0.5) is 4.39 Å². The molecule has 1 unspecified atom stereocenters. The fraction of sp³-hybridized carbons (Fsp3) is 0.364. The Balaban J connectivity index is 2.36. The lowest BCUT2D eigenvalue weighted by molar-refractivity contribution is 0.617. The number of hydrogen-bond acceptors (Lipinski definition) is 1. The monoisotopic (exact) mass is 190 g/mol. The van der Waals surface area contributed by atoms with E-state index in [4.69, 9.17) is 0 Å². The van der Waals surface area contributed by atoms with Gasteiger partial charge in [-0.15, -0.1) is 0 Å². The molecule has 0 saturated carbocycles. The first kappa shape index (κ1) is 7.97. The maximum Gasteiger partial charge on any atom is 0.139 e. The summed E-state index contributed by atoms with van der Waals surface area (Å²) in [4.78, 5) is 4.51. The Labute approximate surface area is 81.4 Å². The second kappa shape index (κ2) is 2.56.